The molecule has 1 aliphatic rings. The highest BCUT2D eigenvalue weighted by Crippen LogP contribution is 2.32. The smallest absolute Gasteiger partial charge is 0.260 e. The van der Waals surface area contributed by atoms with Gasteiger partial charge in [-0.05, 0) is 56.4 Å². The van der Waals surface area contributed by atoms with Crippen molar-refractivity contribution in [1.29, 1.82) is 0 Å². The predicted molar refractivity (Wildman–Crippen MR) is 89.5 cm³/mol. The second-order valence-electron chi connectivity index (χ2n) is 5.94. The second-order valence-corrected chi connectivity index (χ2v) is 7.60. The molecule has 0 fully saturated rings. The van der Waals surface area contributed by atoms with E-state index in [4.69, 9.17) is 5.73 Å². The molecule has 1 aromatic carbocycles. The van der Waals surface area contributed by atoms with E-state index in [1.165, 1.54) is 0 Å². The van der Waals surface area contributed by atoms with E-state index in [9.17, 15) is 8.42 Å². The molecule has 0 bridgehead atoms. The van der Waals surface area contributed by atoms with Crippen molar-refractivity contribution in [2.45, 2.75) is 50.7 Å². The fourth-order valence-electron chi connectivity index (χ4n) is 3.13. The summed E-state index contributed by atoms with van der Waals surface area (Å²) in [5.74, 6) is 0.699. The van der Waals surface area contributed by atoms with Crippen molar-refractivity contribution in [3.8, 4) is 0 Å². The van der Waals surface area contributed by atoms with Crippen molar-refractivity contribution in [3.05, 3.63) is 41.3 Å². The Kier molecular flexibility index (Phi) is 4.16. The number of aromatic nitrogens is 2. The zero-order chi connectivity index (χ0) is 16.6. The van der Waals surface area contributed by atoms with Gasteiger partial charge in [-0.25, -0.2) is 18.1 Å². The van der Waals surface area contributed by atoms with Crippen molar-refractivity contribution < 1.29 is 8.42 Å². The normalized spacial score (nSPS) is 17.9. The van der Waals surface area contributed by atoms with Gasteiger partial charge in [-0.2, -0.15) is 0 Å². The summed E-state index contributed by atoms with van der Waals surface area (Å²) < 4.78 is 29.9. The first kappa shape index (κ1) is 16.0. The summed E-state index contributed by atoms with van der Waals surface area (Å²) in [6.07, 6.45) is 4.24. The maximum Gasteiger partial charge on any atom is 0.260 e. The Hall–Kier alpha value is -1.86. The van der Waals surface area contributed by atoms with Crippen molar-refractivity contribution in [3.63, 3.8) is 0 Å². The van der Waals surface area contributed by atoms with Crippen LogP contribution in [-0.2, 0) is 23.0 Å². The first-order chi connectivity index (χ1) is 10.9. The highest BCUT2D eigenvalue weighted by Gasteiger charge is 2.27. The molecule has 6 nitrogen and oxygen atoms in total. The average molecular weight is 334 g/mol. The Labute approximate surface area is 136 Å². The van der Waals surface area contributed by atoms with Crippen LogP contribution in [0.3, 0.4) is 0 Å². The van der Waals surface area contributed by atoms with Crippen LogP contribution in [0.2, 0.25) is 0 Å². The Bertz CT molecular complexity index is 827. The lowest BCUT2D eigenvalue weighted by molar-refractivity contribution is 0.506. The number of rotatable bonds is 4. The van der Waals surface area contributed by atoms with Gasteiger partial charge in [-0.1, -0.05) is 6.07 Å². The minimum atomic E-state index is -3.64. The highest BCUT2D eigenvalue weighted by atomic mass is 32.2. The van der Waals surface area contributed by atoms with Gasteiger partial charge in [0.1, 0.15) is 5.82 Å². The molecule has 124 valence electrons. The number of nitrogens with one attached hydrogen (secondary N) is 1. The van der Waals surface area contributed by atoms with E-state index in [0.29, 0.717) is 18.1 Å². The molecule has 0 radical (unpaired) electrons. The maximum absolute atomic E-state index is 12.6. The summed E-state index contributed by atoms with van der Waals surface area (Å²) in [6, 6.07) is 5.46. The Morgan fingerprint density at radius 3 is 2.91 bits per heavy atom. The van der Waals surface area contributed by atoms with Crippen LogP contribution in [0.4, 0.5) is 5.69 Å². The van der Waals surface area contributed by atoms with Gasteiger partial charge in [0.25, 0.3) is 10.0 Å². The zero-order valence-electron chi connectivity index (χ0n) is 13.4. The lowest BCUT2D eigenvalue weighted by atomic mass is 9.88. The quantitative estimate of drug-likeness (QED) is 0.838. The minimum absolute atomic E-state index is 0.0828. The number of aryl methyl sites for hydroxylation is 3. The number of anilines is 1. The van der Waals surface area contributed by atoms with E-state index in [1.807, 2.05) is 29.7 Å². The van der Waals surface area contributed by atoms with Crippen LogP contribution in [0.25, 0.3) is 0 Å². The summed E-state index contributed by atoms with van der Waals surface area (Å²) in [4.78, 5) is 4.18. The van der Waals surface area contributed by atoms with Crippen molar-refractivity contribution >= 4 is 15.7 Å². The summed E-state index contributed by atoms with van der Waals surface area (Å²) >= 11 is 0. The number of imidazole rings is 1. The molecule has 3 N–H and O–H groups in total. The number of hydrogen-bond donors (Lipinski definition) is 2. The lowest BCUT2D eigenvalue weighted by Gasteiger charge is -2.26. The van der Waals surface area contributed by atoms with E-state index in [2.05, 4.69) is 9.71 Å². The minimum Gasteiger partial charge on any atom is -0.399 e. The van der Waals surface area contributed by atoms with Crippen LogP contribution in [0.5, 0.6) is 0 Å². The molecular weight excluding hydrogens is 312 g/mol. The highest BCUT2D eigenvalue weighted by molar-refractivity contribution is 7.89. The van der Waals surface area contributed by atoms with Crippen molar-refractivity contribution in [1.82, 2.24) is 14.3 Å². The first-order valence-electron chi connectivity index (χ1n) is 7.85. The molecule has 1 heterocycles. The van der Waals surface area contributed by atoms with Crippen molar-refractivity contribution in [2.24, 2.45) is 0 Å². The van der Waals surface area contributed by atoms with Gasteiger partial charge in [0.2, 0.25) is 0 Å². The van der Waals surface area contributed by atoms with Crippen molar-refractivity contribution in [2.75, 3.05) is 5.73 Å². The van der Waals surface area contributed by atoms with Crippen LogP contribution in [-0.4, -0.2) is 18.0 Å². The molecule has 23 heavy (non-hydrogen) atoms. The topological polar surface area (TPSA) is 90.0 Å². The monoisotopic (exact) mass is 334 g/mol. The standard InChI is InChI=1S/C16H22N4O2S/c1-3-20-10-16(18-11(20)2)23(21,22)19-15-6-4-5-12-9-13(17)7-8-14(12)15/h7-10,15,19H,3-6,17H2,1-2H3. The predicted octanol–water partition coefficient (Wildman–Crippen LogP) is 2.15. The molecule has 0 aliphatic heterocycles. The molecule has 1 atom stereocenters. The molecular formula is C16H22N4O2S. The summed E-state index contributed by atoms with van der Waals surface area (Å²) in [5.41, 5.74) is 8.68. The fraction of sp³-hybridized carbons (Fsp3) is 0.438. The van der Waals surface area contributed by atoms with E-state index in [-0.39, 0.29) is 11.1 Å². The van der Waals surface area contributed by atoms with Crippen LogP contribution in [0.1, 0.15) is 42.8 Å². The Balaban J connectivity index is 1.90. The number of nitrogen functional groups attached to an aromatic ring is 1. The van der Waals surface area contributed by atoms with E-state index in [1.54, 1.807) is 13.1 Å². The molecule has 1 unspecified atom stereocenters. The third kappa shape index (κ3) is 3.11. The first-order valence-corrected chi connectivity index (χ1v) is 9.33. The second kappa shape index (κ2) is 5.98. The van der Waals surface area contributed by atoms with Gasteiger partial charge < -0.3 is 10.3 Å². The third-order valence-corrected chi connectivity index (χ3v) is 5.69. The largest absolute Gasteiger partial charge is 0.399 e. The number of fused-ring (bicyclic) bond motifs is 1. The molecule has 1 aliphatic carbocycles. The van der Waals surface area contributed by atoms with Crippen LogP contribution in [0, 0.1) is 6.92 Å². The molecule has 2 aromatic rings. The molecule has 0 spiro atoms. The van der Waals surface area contributed by atoms with Gasteiger partial charge >= 0.3 is 0 Å². The van der Waals surface area contributed by atoms with Crippen LogP contribution in [0.15, 0.2) is 29.4 Å². The number of hydrogen-bond acceptors (Lipinski definition) is 4. The van der Waals surface area contributed by atoms with Gasteiger partial charge in [-0.15, -0.1) is 0 Å². The van der Waals surface area contributed by atoms with Gasteiger partial charge in [0.05, 0.1) is 0 Å². The van der Waals surface area contributed by atoms with Crippen LogP contribution < -0.4 is 10.5 Å². The van der Waals surface area contributed by atoms with E-state index < -0.39 is 10.0 Å². The molecule has 3 rings (SSSR count). The maximum atomic E-state index is 12.6. The van der Waals surface area contributed by atoms with Gasteiger partial charge in [0.15, 0.2) is 5.03 Å². The molecule has 0 saturated heterocycles. The SMILES string of the molecule is CCn1cc(S(=O)(=O)NC2CCCc3cc(N)ccc32)nc1C. The summed E-state index contributed by atoms with van der Waals surface area (Å²) in [5, 5.41) is 0.0828. The van der Waals surface area contributed by atoms with E-state index in [0.717, 1.165) is 30.4 Å². The Morgan fingerprint density at radius 2 is 2.22 bits per heavy atom. The lowest BCUT2D eigenvalue weighted by Crippen LogP contribution is -2.31. The average Bonchev–Trinajstić information content (AvgIpc) is 2.89. The van der Waals surface area contributed by atoms with Gasteiger partial charge in [-0.3, -0.25) is 0 Å². The number of nitrogens with zero attached hydrogens (tertiary/aromatic N) is 2. The fourth-order valence-corrected chi connectivity index (χ4v) is 4.39. The molecule has 0 saturated carbocycles. The summed E-state index contributed by atoms with van der Waals surface area (Å²) in [7, 11) is -3.64. The van der Waals surface area contributed by atoms with E-state index >= 15 is 0 Å². The number of benzene rings is 1. The van der Waals surface area contributed by atoms with Gasteiger partial charge in [0, 0.05) is 24.5 Å². The number of nitrogens with two attached hydrogens (primary N) is 1. The molecule has 1 aromatic heterocycles. The third-order valence-electron chi connectivity index (χ3n) is 4.35. The summed E-state index contributed by atoms with van der Waals surface area (Å²) in [6.45, 7) is 4.46. The molecule has 7 heteroatoms. The number of sulfonamides is 1. The Morgan fingerprint density at radius 1 is 1.43 bits per heavy atom. The van der Waals surface area contributed by atoms with Crippen LogP contribution >= 0.6 is 0 Å². The molecule has 0 amide bonds. The zero-order valence-corrected chi connectivity index (χ0v) is 14.2.